The summed E-state index contributed by atoms with van der Waals surface area (Å²) in [7, 11) is 0. The molecule has 0 saturated carbocycles. The molecule has 0 bridgehead atoms. The summed E-state index contributed by atoms with van der Waals surface area (Å²) in [6, 6.07) is 11.5. The number of halogens is 1. The van der Waals surface area contributed by atoms with Crippen molar-refractivity contribution in [1.29, 1.82) is 5.26 Å². The lowest BCUT2D eigenvalue weighted by molar-refractivity contribution is -0.168. The van der Waals surface area contributed by atoms with E-state index in [1.165, 1.54) is 6.07 Å². The van der Waals surface area contributed by atoms with Crippen molar-refractivity contribution in [1.82, 2.24) is 0 Å². The Hall–Kier alpha value is -2.48. The van der Waals surface area contributed by atoms with E-state index in [0.29, 0.717) is 12.2 Å². The average molecular weight is 379 g/mol. The van der Waals surface area contributed by atoms with Gasteiger partial charge in [-0.05, 0) is 86.1 Å². The standard InChI is InChI=1S/C24H26FNO2/c1-16-12-17(2)21(22(13-16)19-7-10-23(25)18(3)14-19)9-8-20(15-26)28-24-6-4-5-11-27-24/h7-10,12-14,20,24H,4-6,11H2,1-3H3/b9-8+. The lowest BCUT2D eigenvalue weighted by atomic mass is 9.92. The Balaban J connectivity index is 1.90. The number of benzene rings is 2. The maximum atomic E-state index is 13.7. The summed E-state index contributed by atoms with van der Waals surface area (Å²) in [5.74, 6) is -0.212. The van der Waals surface area contributed by atoms with Gasteiger partial charge in [-0.25, -0.2) is 4.39 Å². The predicted molar refractivity (Wildman–Crippen MR) is 109 cm³/mol. The molecule has 0 N–H and O–H groups in total. The molecular weight excluding hydrogens is 353 g/mol. The van der Waals surface area contributed by atoms with Gasteiger partial charge >= 0.3 is 0 Å². The maximum absolute atomic E-state index is 13.7. The van der Waals surface area contributed by atoms with Crippen LogP contribution in [-0.2, 0) is 9.47 Å². The van der Waals surface area contributed by atoms with E-state index in [-0.39, 0.29) is 12.1 Å². The summed E-state index contributed by atoms with van der Waals surface area (Å²) in [5, 5.41) is 9.48. The third kappa shape index (κ3) is 4.86. The first-order chi connectivity index (χ1) is 13.5. The van der Waals surface area contributed by atoms with Crippen LogP contribution in [0.25, 0.3) is 17.2 Å². The molecule has 0 radical (unpaired) electrons. The van der Waals surface area contributed by atoms with Crippen LogP contribution in [0.4, 0.5) is 4.39 Å². The number of hydrogen-bond acceptors (Lipinski definition) is 3. The van der Waals surface area contributed by atoms with Crippen LogP contribution in [0.5, 0.6) is 0 Å². The molecule has 0 amide bonds. The Kier molecular flexibility index (Phi) is 6.61. The molecule has 1 heterocycles. The lowest BCUT2D eigenvalue weighted by Crippen LogP contribution is -2.26. The highest BCUT2D eigenvalue weighted by Gasteiger charge is 2.18. The normalized spacial score (nSPS) is 18.2. The van der Waals surface area contributed by atoms with E-state index >= 15 is 0 Å². The van der Waals surface area contributed by atoms with Crippen LogP contribution in [0, 0.1) is 37.9 Å². The number of hydrogen-bond donors (Lipinski definition) is 0. The van der Waals surface area contributed by atoms with Crippen LogP contribution in [0.15, 0.2) is 36.4 Å². The quantitative estimate of drug-likeness (QED) is 0.653. The minimum atomic E-state index is -0.674. The minimum absolute atomic E-state index is 0.212. The second-order valence-electron chi connectivity index (χ2n) is 7.35. The van der Waals surface area contributed by atoms with Gasteiger partial charge in [-0.3, -0.25) is 0 Å². The van der Waals surface area contributed by atoms with Crippen LogP contribution in [0.2, 0.25) is 0 Å². The topological polar surface area (TPSA) is 42.2 Å². The molecule has 2 unspecified atom stereocenters. The molecule has 2 atom stereocenters. The molecule has 146 valence electrons. The lowest BCUT2D eigenvalue weighted by Gasteiger charge is -2.23. The molecule has 3 nitrogen and oxygen atoms in total. The largest absolute Gasteiger partial charge is 0.353 e. The third-order valence-corrected chi connectivity index (χ3v) is 5.00. The molecule has 0 spiro atoms. The Bertz CT molecular complexity index is 908. The molecular formula is C24H26FNO2. The molecule has 2 aromatic rings. The molecule has 0 aromatic heterocycles. The van der Waals surface area contributed by atoms with Crippen molar-refractivity contribution in [3.63, 3.8) is 0 Å². The molecule has 28 heavy (non-hydrogen) atoms. The Labute approximate surface area is 166 Å². The number of rotatable bonds is 5. The van der Waals surface area contributed by atoms with Gasteiger partial charge in [0.2, 0.25) is 0 Å². The summed E-state index contributed by atoms with van der Waals surface area (Å²) in [6.45, 7) is 6.53. The Morgan fingerprint density at radius 1 is 1.18 bits per heavy atom. The highest BCUT2D eigenvalue weighted by atomic mass is 19.1. The van der Waals surface area contributed by atoms with Gasteiger partial charge in [-0.1, -0.05) is 29.8 Å². The molecule has 1 aliphatic rings. The zero-order valence-corrected chi connectivity index (χ0v) is 16.7. The second-order valence-corrected chi connectivity index (χ2v) is 7.35. The monoisotopic (exact) mass is 379 g/mol. The fourth-order valence-corrected chi connectivity index (χ4v) is 3.54. The number of nitriles is 1. The van der Waals surface area contributed by atoms with Crippen molar-refractivity contribution >= 4 is 6.08 Å². The van der Waals surface area contributed by atoms with Crippen LogP contribution >= 0.6 is 0 Å². The Morgan fingerprint density at radius 2 is 2.00 bits per heavy atom. The van der Waals surface area contributed by atoms with E-state index in [4.69, 9.17) is 9.47 Å². The van der Waals surface area contributed by atoms with Gasteiger partial charge in [0.25, 0.3) is 0 Å². The number of aryl methyl sites for hydroxylation is 3. The summed E-state index contributed by atoms with van der Waals surface area (Å²) < 4.78 is 25.1. The highest BCUT2D eigenvalue weighted by molar-refractivity contribution is 5.78. The van der Waals surface area contributed by atoms with Gasteiger partial charge in [0, 0.05) is 6.61 Å². The zero-order valence-electron chi connectivity index (χ0n) is 16.7. The van der Waals surface area contributed by atoms with Gasteiger partial charge in [0.1, 0.15) is 5.82 Å². The van der Waals surface area contributed by atoms with Crippen molar-refractivity contribution in [2.24, 2.45) is 0 Å². The molecule has 2 aromatic carbocycles. The van der Waals surface area contributed by atoms with Crippen LogP contribution < -0.4 is 0 Å². The van der Waals surface area contributed by atoms with Crippen molar-refractivity contribution in [2.75, 3.05) is 6.61 Å². The van der Waals surface area contributed by atoms with E-state index in [1.54, 1.807) is 19.1 Å². The summed E-state index contributed by atoms with van der Waals surface area (Å²) in [5.41, 5.74) is 5.82. The summed E-state index contributed by atoms with van der Waals surface area (Å²) >= 11 is 0. The van der Waals surface area contributed by atoms with Gasteiger partial charge in [-0.2, -0.15) is 5.26 Å². The van der Waals surface area contributed by atoms with E-state index in [9.17, 15) is 9.65 Å². The smallest absolute Gasteiger partial charge is 0.165 e. The van der Waals surface area contributed by atoms with Crippen LogP contribution in [0.3, 0.4) is 0 Å². The van der Waals surface area contributed by atoms with Crippen molar-refractivity contribution in [2.45, 2.75) is 52.4 Å². The van der Waals surface area contributed by atoms with Gasteiger partial charge in [0.05, 0.1) is 6.07 Å². The van der Waals surface area contributed by atoms with Gasteiger partial charge < -0.3 is 9.47 Å². The first kappa shape index (κ1) is 20.3. The van der Waals surface area contributed by atoms with Crippen molar-refractivity contribution < 1.29 is 13.9 Å². The first-order valence-electron chi connectivity index (χ1n) is 9.70. The third-order valence-electron chi connectivity index (χ3n) is 5.00. The maximum Gasteiger partial charge on any atom is 0.165 e. The van der Waals surface area contributed by atoms with E-state index in [0.717, 1.165) is 47.1 Å². The first-order valence-corrected chi connectivity index (χ1v) is 9.70. The molecule has 1 aliphatic heterocycles. The van der Waals surface area contributed by atoms with E-state index < -0.39 is 6.10 Å². The van der Waals surface area contributed by atoms with E-state index in [1.807, 2.05) is 26.0 Å². The molecule has 0 aliphatic carbocycles. The predicted octanol–water partition coefficient (Wildman–Crippen LogP) is 5.87. The molecule has 1 fully saturated rings. The fraction of sp³-hybridized carbons (Fsp3) is 0.375. The number of ether oxygens (including phenoxy) is 2. The molecule has 3 rings (SSSR count). The van der Waals surface area contributed by atoms with Gasteiger partial charge in [-0.15, -0.1) is 0 Å². The average Bonchev–Trinajstić information content (AvgIpc) is 2.68. The molecule has 4 heteroatoms. The fourth-order valence-electron chi connectivity index (χ4n) is 3.54. The Morgan fingerprint density at radius 3 is 2.68 bits per heavy atom. The molecule has 1 saturated heterocycles. The minimum Gasteiger partial charge on any atom is -0.353 e. The highest BCUT2D eigenvalue weighted by Crippen LogP contribution is 2.30. The van der Waals surface area contributed by atoms with Gasteiger partial charge in [0.15, 0.2) is 12.4 Å². The second kappa shape index (κ2) is 9.14. The van der Waals surface area contributed by atoms with Crippen LogP contribution in [-0.4, -0.2) is 19.0 Å². The van der Waals surface area contributed by atoms with E-state index in [2.05, 4.69) is 18.2 Å². The number of nitrogens with zero attached hydrogens (tertiary/aromatic N) is 1. The SMILES string of the molecule is Cc1cc(C)c(/C=C/C(C#N)OC2CCCCO2)c(-c2ccc(F)c(C)c2)c1. The summed E-state index contributed by atoms with van der Waals surface area (Å²) in [4.78, 5) is 0. The summed E-state index contributed by atoms with van der Waals surface area (Å²) in [6.07, 6.45) is 5.62. The van der Waals surface area contributed by atoms with Crippen LogP contribution in [0.1, 0.15) is 41.5 Å². The zero-order chi connectivity index (χ0) is 20.1. The van der Waals surface area contributed by atoms with Crippen molar-refractivity contribution in [3.8, 4) is 17.2 Å². The van der Waals surface area contributed by atoms with Crippen molar-refractivity contribution in [3.05, 3.63) is 64.5 Å².